The molecule has 1 aliphatic heterocycles. The van der Waals surface area contributed by atoms with Crippen LogP contribution in [-0.2, 0) is 48.2 Å². The van der Waals surface area contributed by atoms with Crippen LogP contribution in [0.1, 0.15) is 27.0 Å². The zero-order valence-corrected chi connectivity index (χ0v) is 27.5. The molecule has 8 nitrogen and oxygen atoms in total. The zero-order valence-electron chi connectivity index (χ0n) is 25.3. The molecule has 5 atom stereocenters. The van der Waals surface area contributed by atoms with Gasteiger partial charge in [-0.15, -0.1) is 0 Å². The molecule has 246 valence electrons. The van der Waals surface area contributed by atoms with E-state index in [1.54, 1.807) is 30.3 Å². The van der Waals surface area contributed by atoms with Gasteiger partial charge in [-0.25, -0.2) is 4.79 Å². The highest BCUT2D eigenvalue weighted by Crippen LogP contribution is 2.34. The molecule has 0 amide bonds. The third kappa shape index (κ3) is 10.3. The molecule has 11 heteroatoms. The van der Waals surface area contributed by atoms with Crippen LogP contribution in [0.25, 0.3) is 0 Å². The number of halogens is 3. The molecule has 1 N–H and O–H groups in total. The number of esters is 1. The summed E-state index contributed by atoms with van der Waals surface area (Å²) in [7, 11) is 0. The fourth-order valence-corrected chi connectivity index (χ4v) is 5.11. The summed E-state index contributed by atoms with van der Waals surface area (Å²) in [5.41, 5.74) is 3.03. The number of nitrogens with one attached hydrogen (secondary N) is 1. The Bertz CT molecular complexity index is 1540. The average molecular weight is 699 g/mol. The molecule has 0 aromatic heterocycles. The van der Waals surface area contributed by atoms with E-state index in [9.17, 15) is 4.79 Å². The normalized spacial score (nSPS) is 21.1. The van der Waals surface area contributed by atoms with E-state index in [0.717, 1.165) is 16.7 Å². The van der Waals surface area contributed by atoms with Crippen molar-refractivity contribution in [3.63, 3.8) is 0 Å². The van der Waals surface area contributed by atoms with E-state index in [4.69, 9.17) is 68.6 Å². The Morgan fingerprint density at radius 2 is 1.11 bits per heavy atom. The van der Waals surface area contributed by atoms with Crippen molar-refractivity contribution < 1.29 is 33.2 Å². The molecule has 0 spiro atoms. The number of ether oxygens (including phenoxy) is 6. The van der Waals surface area contributed by atoms with Crippen LogP contribution in [0.2, 0.25) is 0 Å². The molecule has 1 aliphatic rings. The van der Waals surface area contributed by atoms with Gasteiger partial charge in [0.1, 0.15) is 18.3 Å². The van der Waals surface area contributed by atoms with Gasteiger partial charge in [-0.3, -0.25) is 5.41 Å². The Balaban J connectivity index is 1.49. The zero-order chi connectivity index (χ0) is 33.1. The van der Waals surface area contributed by atoms with Crippen LogP contribution < -0.4 is 0 Å². The van der Waals surface area contributed by atoms with Gasteiger partial charge >= 0.3 is 5.97 Å². The third-order valence-electron chi connectivity index (χ3n) is 7.30. The molecule has 3 unspecified atom stereocenters. The van der Waals surface area contributed by atoms with Gasteiger partial charge in [0.05, 0.1) is 32.0 Å². The highest BCUT2D eigenvalue weighted by molar-refractivity contribution is 6.76. The lowest BCUT2D eigenvalue weighted by Crippen LogP contribution is -2.62. The van der Waals surface area contributed by atoms with Crippen LogP contribution in [0.5, 0.6) is 0 Å². The molecule has 1 saturated heterocycles. The van der Waals surface area contributed by atoms with Crippen molar-refractivity contribution in [1.82, 2.24) is 0 Å². The quantitative estimate of drug-likeness (QED) is 0.0662. The number of hydrogen-bond acceptors (Lipinski definition) is 8. The van der Waals surface area contributed by atoms with E-state index in [2.05, 4.69) is 0 Å². The second kappa shape index (κ2) is 17.1. The molecular formula is C36H34Cl3NO7. The molecule has 4 aromatic carbocycles. The highest BCUT2D eigenvalue weighted by atomic mass is 35.6. The number of alkyl halides is 3. The Hall–Kier alpha value is -3.47. The van der Waals surface area contributed by atoms with E-state index in [-0.39, 0.29) is 19.8 Å². The van der Waals surface area contributed by atoms with Crippen LogP contribution in [0.15, 0.2) is 121 Å². The lowest BCUT2D eigenvalue weighted by atomic mass is 9.97. The maximum Gasteiger partial charge on any atom is 0.338 e. The summed E-state index contributed by atoms with van der Waals surface area (Å²) in [5, 5.41) is 8.33. The molecule has 1 fully saturated rings. The maximum atomic E-state index is 13.5. The van der Waals surface area contributed by atoms with E-state index in [1.165, 1.54) is 0 Å². The summed E-state index contributed by atoms with van der Waals surface area (Å²) in [6, 6.07) is 37.3. The Labute approximate surface area is 288 Å². The van der Waals surface area contributed by atoms with Crippen LogP contribution in [0, 0.1) is 5.41 Å². The summed E-state index contributed by atoms with van der Waals surface area (Å²) < 4.78 is 35.1. The summed E-state index contributed by atoms with van der Waals surface area (Å²) in [4.78, 5) is 13.5. The fourth-order valence-electron chi connectivity index (χ4n) is 4.97. The number of benzene rings is 4. The van der Waals surface area contributed by atoms with Crippen molar-refractivity contribution in [1.29, 1.82) is 5.41 Å². The van der Waals surface area contributed by atoms with Gasteiger partial charge in [-0.2, -0.15) is 0 Å². The highest BCUT2D eigenvalue weighted by Gasteiger charge is 2.52. The molecule has 5 rings (SSSR count). The maximum absolute atomic E-state index is 13.5. The van der Waals surface area contributed by atoms with Crippen molar-refractivity contribution in [2.75, 3.05) is 6.61 Å². The molecule has 1 heterocycles. The minimum Gasteiger partial charge on any atom is -0.449 e. The van der Waals surface area contributed by atoms with Gasteiger partial charge in [0.2, 0.25) is 12.2 Å². The third-order valence-corrected chi connectivity index (χ3v) is 7.81. The van der Waals surface area contributed by atoms with Crippen molar-refractivity contribution in [3.8, 4) is 0 Å². The van der Waals surface area contributed by atoms with Crippen LogP contribution in [0.4, 0.5) is 0 Å². The van der Waals surface area contributed by atoms with E-state index in [1.807, 2.05) is 91.0 Å². The number of carbonyl (C=O) groups excluding carboxylic acids is 1. The van der Waals surface area contributed by atoms with E-state index < -0.39 is 46.4 Å². The monoisotopic (exact) mass is 697 g/mol. The summed E-state index contributed by atoms with van der Waals surface area (Å²) in [6.07, 6.45) is -5.30. The molecule has 0 aliphatic carbocycles. The first kappa shape index (κ1) is 34.9. The Morgan fingerprint density at radius 3 is 1.62 bits per heavy atom. The van der Waals surface area contributed by atoms with Crippen LogP contribution >= 0.6 is 34.8 Å². The number of carbonyl (C=O) groups is 1. The number of rotatable bonds is 13. The predicted molar refractivity (Wildman–Crippen MR) is 180 cm³/mol. The predicted octanol–water partition coefficient (Wildman–Crippen LogP) is 7.69. The smallest absolute Gasteiger partial charge is 0.338 e. The van der Waals surface area contributed by atoms with Crippen molar-refractivity contribution in [2.24, 2.45) is 0 Å². The van der Waals surface area contributed by atoms with Gasteiger partial charge < -0.3 is 28.4 Å². The number of hydrogen-bond donors (Lipinski definition) is 1. The molecule has 4 aromatic rings. The van der Waals surface area contributed by atoms with Gasteiger partial charge in [-0.05, 0) is 28.8 Å². The fraction of sp³-hybridized carbons (Fsp3) is 0.278. The van der Waals surface area contributed by atoms with Crippen molar-refractivity contribution in [3.05, 3.63) is 144 Å². The average Bonchev–Trinajstić information content (AvgIpc) is 3.09. The largest absolute Gasteiger partial charge is 0.449 e. The summed E-state index contributed by atoms with van der Waals surface area (Å²) >= 11 is 18.0. The lowest BCUT2D eigenvalue weighted by Gasteiger charge is -2.45. The first-order chi connectivity index (χ1) is 22.8. The minimum atomic E-state index is -2.21. The molecular weight excluding hydrogens is 665 g/mol. The Morgan fingerprint density at radius 1 is 0.638 bits per heavy atom. The first-order valence-corrected chi connectivity index (χ1v) is 16.1. The van der Waals surface area contributed by atoms with Gasteiger partial charge in [0.15, 0.2) is 6.10 Å². The van der Waals surface area contributed by atoms with Crippen molar-refractivity contribution >= 4 is 46.7 Å². The van der Waals surface area contributed by atoms with Crippen LogP contribution in [-0.4, -0.2) is 53.0 Å². The second-order valence-corrected chi connectivity index (χ2v) is 13.0. The van der Waals surface area contributed by atoms with Gasteiger partial charge in [0, 0.05) is 0 Å². The van der Waals surface area contributed by atoms with E-state index in [0.29, 0.717) is 12.2 Å². The standard InChI is InChI=1S/C36H34Cl3NO7/c37-36(38,39)35(40)47-34-32(46-33(41)28-19-11-4-12-20-28)31(44-23-27-17-9-3-10-18-27)30(43-22-26-15-7-2-8-16-26)29(45-34)24-42-21-25-13-5-1-6-14-25/h1-20,29-32,34,40H,21-24H2/t29?,30-,31?,32?,34-/m0/s1. The summed E-state index contributed by atoms with van der Waals surface area (Å²) in [6.45, 7) is 0.676. The van der Waals surface area contributed by atoms with Gasteiger partial charge in [-0.1, -0.05) is 144 Å². The Kier molecular flexibility index (Phi) is 12.7. The SMILES string of the molecule is N=C(O[C@@H]1OC(COCc2ccccc2)[C@H](OCc2ccccc2)C(OCc2ccccc2)C1OC(=O)c1ccccc1)C(Cl)(Cl)Cl. The molecule has 0 radical (unpaired) electrons. The molecule has 0 bridgehead atoms. The summed E-state index contributed by atoms with van der Waals surface area (Å²) in [5.74, 6) is -1.38. The molecule has 0 saturated carbocycles. The van der Waals surface area contributed by atoms with Crippen LogP contribution in [0.3, 0.4) is 0 Å². The van der Waals surface area contributed by atoms with Gasteiger partial charge in [0.25, 0.3) is 3.79 Å². The van der Waals surface area contributed by atoms with Crippen molar-refractivity contribution in [2.45, 2.75) is 54.3 Å². The lowest BCUT2D eigenvalue weighted by molar-refractivity contribution is -0.302. The minimum absolute atomic E-state index is 0.0415. The second-order valence-electron chi connectivity index (χ2n) is 10.7. The van der Waals surface area contributed by atoms with E-state index >= 15 is 0 Å². The first-order valence-electron chi connectivity index (χ1n) is 14.9. The molecule has 47 heavy (non-hydrogen) atoms. The topological polar surface area (TPSA) is 96.3 Å².